The monoisotopic (exact) mass is 352 g/mol. The van der Waals surface area contributed by atoms with Crippen molar-refractivity contribution in [2.75, 3.05) is 19.6 Å². The second-order valence-corrected chi connectivity index (χ2v) is 9.67. The van der Waals surface area contributed by atoms with Crippen molar-refractivity contribution in [1.82, 2.24) is 9.62 Å². The normalized spacial score (nSPS) is 20.2. The summed E-state index contributed by atoms with van der Waals surface area (Å²) in [5.74, 6) is 0. The third-order valence-corrected chi connectivity index (χ3v) is 6.36. The number of nitrogens with zero attached hydrogens (tertiary/aromatic N) is 1. The Morgan fingerprint density at radius 1 is 1.17 bits per heavy atom. The Morgan fingerprint density at radius 2 is 1.83 bits per heavy atom. The van der Waals surface area contributed by atoms with E-state index in [0.717, 1.165) is 25.1 Å². The molecule has 1 aromatic carbocycles. The van der Waals surface area contributed by atoms with Crippen molar-refractivity contribution in [3.63, 3.8) is 0 Å². The molecule has 1 fully saturated rings. The summed E-state index contributed by atoms with van der Waals surface area (Å²) in [7, 11) is -3.41. The molecule has 0 radical (unpaired) electrons. The largest absolute Gasteiger partial charge is 0.301 e. The highest BCUT2D eigenvalue weighted by molar-refractivity contribution is 7.89. The molecule has 1 aliphatic heterocycles. The lowest BCUT2D eigenvalue weighted by molar-refractivity contribution is 0.159. The molecule has 0 spiro atoms. The fraction of sp³-hybridized carbons (Fsp3) is 0.684. The zero-order valence-electron chi connectivity index (χ0n) is 15.5. The molecule has 1 heterocycles. The van der Waals surface area contributed by atoms with Gasteiger partial charge in [-0.2, -0.15) is 0 Å². The second-order valence-electron chi connectivity index (χ2n) is 7.91. The zero-order valence-corrected chi connectivity index (χ0v) is 16.3. The van der Waals surface area contributed by atoms with Crippen molar-refractivity contribution in [2.45, 2.75) is 69.7 Å². The van der Waals surface area contributed by atoms with E-state index >= 15 is 0 Å². The molecular formula is C19H32N2O2S. The van der Waals surface area contributed by atoms with Gasteiger partial charge in [0.15, 0.2) is 0 Å². The van der Waals surface area contributed by atoms with E-state index in [1.165, 1.54) is 19.3 Å². The van der Waals surface area contributed by atoms with Gasteiger partial charge in [-0.3, -0.25) is 0 Å². The van der Waals surface area contributed by atoms with Crippen LogP contribution >= 0.6 is 0 Å². The number of piperidine rings is 1. The molecule has 1 aliphatic rings. The second kappa shape index (κ2) is 7.98. The maximum atomic E-state index is 12.4. The van der Waals surface area contributed by atoms with E-state index in [0.29, 0.717) is 17.5 Å². The summed E-state index contributed by atoms with van der Waals surface area (Å²) in [6.07, 6.45) is 4.68. The van der Waals surface area contributed by atoms with Gasteiger partial charge in [0.05, 0.1) is 4.90 Å². The van der Waals surface area contributed by atoms with Crippen molar-refractivity contribution >= 4 is 10.0 Å². The van der Waals surface area contributed by atoms with Crippen LogP contribution in [-0.2, 0) is 15.4 Å². The molecule has 24 heavy (non-hydrogen) atoms. The van der Waals surface area contributed by atoms with Crippen LogP contribution in [0.25, 0.3) is 0 Å². The first-order valence-electron chi connectivity index (χ1n) is 9.04. The molecular weight excluding hydrogens is 320 g/mol. The van der Waals surface area contributed by atoms with Gasteiger partial charge in [0.25, 0.3) is 0 Å². The Hall–Kier alpha value is -0.910. The van der Waals surface area contributed by atoms with E-state index in [-0.39, 0.29) is 5.41 Å². The van der Waals surface area contributed by atoms with Gasteiger partial charge in [0, 0.05) is 12.6 Å². The maximum Gasteiger partial charge on any atom is 0.240 e. The number of nitrogens with one attached hydrogen (secondary N) is 1. The first kappa shape index (κ1) is 19.4. The summed E-state index contributed by atoms with van der Waals surface area (Å²) in [4.78, 5) is 2.82. The molecule has 0 aromatic heterocycles. The quantitative estimate of drug-likeness (QED) is 0.797. The topological polar surface area (TPSA) is 49.4 Å². The Labute approximate surface area is 147 Å². The summed E-state index contributed by atoms with van der Waals surface area (Å²) in [5, 5.41) is 0. The lowest BCUT2D eigenvalue weighted by Crippen LogP contribution is -2.39. The molecule has 0 amide bonds. The highest BCUT2D eigenvalue weighted by atomic mass is 32.2. The predicted octanol–water partition coefficient (Wildman–Crippen LogP) is 3.53. The van der Waals surface area contributed by atoms with Crippen LogP contribution in [0.1, 0.15) is 58.9 Å². The Morgan fingerprint density at radius 3 is 2.42 bits per heavy atom. The van der Waals surface area contributed by atoms with Crippen LogP contribution in [0.2, 0.25) is 0 Å². The number of benzene rings is 1. The number of rotatable bonds is 6. The smallest absolute Gasteiger partial charge is 0.240 e. The third kappa shape index (κ3) is 5.30. The molecule has 2 rings (SSSR count). The third-order valence-electron chi connectivity index (χ3n) is 4.89. The number of hydrogen-bond acceptors (Lipinski definition) is 3. The van der Waals surface area contributed by atoms with Crippen molar-refractivity contribution in [3.05, 3.63) is 29.8 Å². The van der Waals surface area contributed by atoms with Crippen molar-refractivity contribution in [2.24, 2.45) is 0 Å². The van der Waals surface area contributed by atoms with E-state index in [9.17, 15) is 8.42 Å². The molecule has 1 atom stereocenters. The highest BCUT2D eigenvalue weighted by Crippen LogP contribution is 2.23. The fourth-order valence-corrected chi connectivity index (χ4v) is 4.27. The first-order valence-corrected chi connectivity index (χ1v) is 10.5. The lowest BCUT2D eigenvalue weighted by atomic mass is 9.87. The molecule has 1 N–H and O–H groups in total. The predicted molar refractivity (Wildman–Crippen MR) is 99.8 cm³/mol. The summed E-state index contributed by atoms with van der Waals surface area (Å²) < 4.78 is 27.5. The molecule has 0 bridgehead atoms. The molecule has 0 aliphatic carbocycles. The van der Waals surface area contributed by atoms with Crippen LogP contribution in [0, 0.1) is 0 Å². The number of likely N-dealkylation sites (tertiary alicyclic amines) is 1. The van der Waals surface area contributed by atoms with Crippen LogP contribution in [-0.4, -0.2) is 39.0 Å². The summed E-state index contributed by atoms with van der Waals surface area (Å²) in [5.41, 5.74) is 1.17. The van der Waals surface area contributed by atoms with E-state index < -0.39 is 10.0 Å². The van der Waals surface area contributed by atoms with Crippen molar-refractivity contribution < 1.29 is 8.42 Å². The van der Waals surface area contributed by atoms with Gasteiger partial charge < -0.3 is 4.90 Å². The minimum absolute atomic E-state index is 0.0286. The Kier molecular flexibility index (Phi) is 6.46. The highest BCUT2D eigenvalue weighted by Gasteiger charge is 2.19. The lowest BCUT2D eigenvalue weighted by Gasteiger charge is -2.33. The van der Waals surface area contributed by atoms with E-state index in [1.54, 1.807) is 12.1 Å². The average molecular weight is 353 g/mol. The molecule has 1 aromatic rings. The fourth-order valence-electron chi connectivity index (χ4n) is 3.20. The molecule has 4 nitrogen and oxygen atoms in total. The van der Waals surface area contributed by atoms with Crippen molar-refractivity contribution in [1.29, 1.82) is 0 Å². The minimum Gasteiger partial charge on any atom is -0.301 e. The molecule has 5 heteroatoms. The van der Waals surface area contributed by atoms with E-state index in [2.05, 4.69) is 37.3 Å². The number of sulfonamides is 1. The summed E-state index contributed by atoms with van der Waals surface area (Å²) >= 11 is 0. The molecule has 1 unspecified atom stereocenters. The van der Waals surface area contributed by atoms with Gasteiger partial charge in [0.2, 0.25) is 10.0 Å². The van der Waals surface area contributed by atoms with Gasteiger partial charge in [-0.05, 0) is 62.4 Å². The van der Waals surface area contributed by atoms with Gasteiger partial charge >= 0.3 is 0 Å². The average Bonchev–Trinajstić information content (AvgIpc) is 2.52. The van der Waals surface area contributed by atoms with Crippen LogP contribution in [0.4, 0.5) is 0 Å². The van der Waals surface area contributed by atoms with Crippen LogP contribution < -0.4 is 4.72 Å². The standard InChI is InChI=1S/C19H32N2O2S/c1-16-8-5-6-14-21(16)15-7-13-20-24(22,23)18-11-9-17(10-12-18)19(2,3)4/h9-12,16,20H,5-8,13-15H2,1-4H3. The van der Waals surface area contributed by atoms with Gasteiger partial charge in [-0.25, -0.2) is 13.1 Å². The molecule has 0 saturated carbocycles. The van der Waals surface area contributed by atoms with Crippen LogP contribution in [0.5, 0.6) is 0 Å². The maximum absolute atomic E-state index is 12.4. The summed E-state index contributed by atoms with van der Waals surface area (Å²) in [6, 6.07) is 7.85. The van der Waals surface area contributed by atoms with Crippen LogP contribution in [0.3, 0.4) is 0 Å². The SMILES string of the molecule is CC1CCCCN1CCCNS(=O)(=O)c1ccc(C(C)(C)C)cc1. The Balaban J connectivity index is 1.85. The Bertz CT molecular complexity index is 618. The molecule has 1 saturated heterocycles. The first-order chi connectivity index (χ1) is 11.2. The van der Waals surface area contributed by atoms with Gasteiger partial charge in [0.1, 0.15) is 0 Å². The number of hydrogen-bond donors (Lipinski definition) is 1. The zero-order chi connectivity index (χ0) is 17.8. The van der Waals surface area contributed by atoms with Crippen LogP contribution in [0.15, 0.2) is 29.2 Å². The van der Waals surface area contributed by atoms with E-state index in [4.69, 9.17) is 0 Å². The van der Waals surface area contributed by atoms with Crippen molar-refractivity contribution in [3.8, 4) is 0 Å². The van der Waals surface area contributed by atoms with Gasteiger partial charge in [-0.1, -0.05) is 39.3 Å². The van der Waals surface area contributed by atoms with Gasteiger partial charge in [-0.15, -0.1) is 0 Å². The summed E-state index contributed by atoms with van der Waals surface area (Å²) in [6.45, 7) is 11.2. The molecule has 136 valence electrons. The minimum atomic E-state index is -3.41. The van der Waals surface area contributed by atoms with E-state index in [1.807, 2.05) is 12.1 Å².